The summed E-state index contributed by atoms with van der Waals surface area (Å²) in [5.74, 6) is 0.204. The maximum Gasteiger partial charge on any atom is 0.227 e. The molecule has 0 heterocycles. The Morgan fingerprint density at radius 2 is 2.27 bits per heavy atom. The summed E-state index contributed by atoms with van der Waals surface area (Å²) in [6.07, 6.45) is 1.94. The van der Waals surface area contributed by atoms with Crippen LogP contribution in [0.4, 0.5) is 5.69 Å². The second-order valence-corrected chi connectivity index (χ2v) is 3.98. The third kappa shape index (κ3) is 2.28. The molecule has 0 aliphatic heterocycles. The van der Waals surface area contributed by atoms with Crippen LogP contribution in [0.15, 0.2) is 18.2 Å². The van der Waals surface area contributed by atoms with Gasteiger partial charge in [-0.2, -0.15) is 5.26 Å². The van der Waals surface area contributed by atoms with Crippen molar-refractivity contribution in [2.45, 2.75) is 12.8 Å². The number of nitrogens with zero attached hydrogens (tertiary/aromatic N) is 1. The zero-order chi connectivity index (χ0) is 10.8. The largest absolute Gasteiger partial charge is 0.326 e. The topological polar surface area (TPSA) is 52.9 Å². The maximum atomic E-state index is 11.4. The molecule has 76 valence electrons. The number of hydrogen-bond acceptors (Lipinski definition) is 2. The molecule has 1 aliphatic rings. The van der Waals surface area contributed by atoms with Crippen molar-refractivity contribution in [1.82, 2.24) is 0 Å². The summed E-state index contributed by atoms with van der Waals surface area (Å²) in [5, 5.41) is 11.8. The molecule has 15 heavy (non-hydrogen) atoms. The summed E-state index contributed by atoms with van der Waals surface area (Å²) in [6, 6.07) is 6.85. The smallest absolute Gasteiger partial charge is 0.227 e. The van der Waals surface area contributed by atoms with Gasteiger partial charge < -0.3 is 5.32 Å². The van der Waals surface area contributed by atoms with Gasteiger partial charge in [-0.25, -0.2) is 0 Å². The zero-order valence-electron chi connectivity index (χ0n) is 7.96. The van der Waals surface area contributed by atoms with Crippen LogP contribution in [-0.4, -0.2) is 5.91 Å². The highest BCUT2D eigenvalue weighted by Crippen LogP contribution is 2.30. The van der Waals surface area contributed by atoms with E-state index in [0.29, 0.717) is 16.3 Å². The van der Waals surface area contributed by atoms with Crippen molar-refractivity contribution in [3.05, 3.63) is 28.8 Å². The van der Waals surface area contributed by atoms with Crippen LogP contribution in [0.1, 0.15) is 18.4 Å². The van der Waals surface area contributed by atoms with Crippen LogP contribution in [0.3, 0.4) is 0 Å². The molecular weight excluding hydrogens is 212 g/mol. The van der Waals surface area contributed by atoms with Gasteiger partial charge in [0.05, 0.1) is 10.6 Å². The third-order valence-electron chi connectivity index (χ3n) is 2.31. The first kappa shape index (κ1) is 10.0. The predicted molar refractivity (Wildman–Crippen MR) is 57.5 cm³/mol. The van der Waals surface area contributed by atoms with Crippen molar-refractivity contribution in [2.24, 2.45) is 5.92 Å². The summed E-state index contributed by atoms with van der Waals surface area (Å²) in [7, 11) is 0. The highest BCUT2D eigenvalue weighted by atomic mass is 35.5. The van der Waals surface area contributed by atoms with Crippen molar-refractivity contribution in [3.63, 3.8) is 0 Å². The lowest BCUT2D eigenvalue weighted by Gasteiger charge is -2.04. The lowest BCUT2D eigenvalue weighted by atomic mass is 10.2. The zero-order valence-corrected chi connectivity index (χ0v) is 8.71. The van der Waals surface area contributed by atoms with E-state index >= 15 is 0 Å². The summed E-state index contributed by atoms with van der Waals surface area (Å²) < 4.78 is 0. The Labute approximate surface area is 92.7 Å². The minimum absolute atomic E-state index is 0.0378. The molecule has 0 atom stereocenters. The van der Waals surface area contributed by atoms with Gasteiger partial charge in [0.1, 0.15) is 6.07 Å². The van der Waals surface area contributed by atoms with Crippen LogP contribution in [-0.2, 0) is 4.79 Å². The van der Waals surface area contributed by atoms with Crippen LogP contribution >= 0.6 is 11.6 Å². The molecule has 1 aliphatic carbocycles. The maximum absolute atomic E-state index is 11.4. The van der Waals surface area contributed by atoms with E-state index in [1.54, 1.807) is 18.2 Å². The molecular formula is C11H9ClN2O. The summed E-state index contributed by atoms with van der Waals surface area (Å²) in [6.45, 7) is 0. The molecule has 0 spiro atoms. The SMILES string of the molecule is N#Cc1ccc(NC(=O)C2CC2)cc1Cl. The molecule has 2 rings (SSSR count). The predicted octanol–water partition coefficient (Wildman–Crippen LogP) is 2.56. The molecule has 0 radical (unpaired) electrons. The van der Waals surface area contributed by atoms with Gasteiger partial charge in [-0.15, -0.1) is 0 Å². The number of amides is 1. The van der Waals surface area contributed by atoms with Gasteiger partial charge in [0.2, 0.25) is 5.91 Å². The monoisotopic (exact) mass is 220 g/mol. The molecule has 1 saturated carbocycles. The molecule has 3 nitrogen and oxygen atoms in total. The van der Waals surface area contributed by atoms with Gasteiger partial charge in [0, 0.05) is 11.6 Å². The highest BCUT2D eigenvalue weighted by Gasteiger charge is 2.29. The van der Waals surface area contributed by atoms with Gasteiger partial charge in [0.15, 0.2) is 0 Å². The van der Waals surface area contributed by atoms with Gasteiger partial charge in [-0.3, -0.25) is 4.79 Å². The van der Waals surface area contributed by atoms with E-state index in [0.717, 1.165) is 12.8 Å². The minimum atomic E-state index is 0.0378. The Bertz CT molecular complexity index is 446. The van der Waals surface area contributed by atoms with Crippen molar-refractivity contribution < 1.29 is 4.79 Å². The molecule has 1 fully saturated rings. The molecule has 0 bridgehead atoms. The number of carbonyl (C=O) groups excluding carboxylic acids is 1. The standard InChI is InChI=1S/C11H9ClN2O/c12-10-5-9(4-3-8(10)6-13)14-11(15)7-1-2-7/h3-5,7H,1-2H2,(H,14,15). The lowest BCUT2D eigenvalue weighted by molar-refractivity contribution is -0.117. The Balaban J connectivity index is 2.12. The molecule has 0 unspecified atom stereocenters. The van der Waals surface area contributed by atoms with E-state index in [1.165, 1.54) is 0 Å². The Morgan fingerprint density at radius 1 is 1.53 bits per heavy atom. The molecule has 0 aromatic heterocycles. The van der Waals surface area contributed by atoms with Crippen LogP contribution in [0.2, 0.25) is 5.02 Å². The second-order valence-electron chi connectivity index (χ2n) is 3.57. The fourth-order valence-corrected chi connectivity index (χ4v) is 1.50. The van der Waals surface area contributed by atoms with Crippen molar-refractivity contribution in [3.8, 4) is 6.07 Å². The van der Waals surface area contributed by atoms with Crippen LogP contribution < -0.4 is 5.32 Å². The summed E-state index contributed by atoms with van der Waals surface area (Å²) in [4.78, 5) is 11.4. The lowest BCUT2D eigenvalue weighted by Crippen LogP contribution is -2.13. The van der Waals surface area contributed by atoms with E-state index in [-0.39, 0.29) is 11.8 Å². The molecule has 1 amide bonds. The van der Waals surface area contributed by atoms with Gasteiger partial charge in [0.25, 0.3) is 0 Å². The Hall–Kier alpha value is -1.53. The summed E-state index contributed by atoms with van der Waals surface area (Å²) in [5.41, 5.74) is 1.07. The molecule has 0 saturated heterocycles. The van der Waals surface area contributed by atoms with Crippen molar-refractivity contribution in [1.29, 1.82) is 5.26 Å². The highest BCUT2D eigenvalue weighted by molar-refractivity contribution is 6.32. The van der Waals surface area contributed by atoms with Gasteiger partial charge in [-0.1, -0.05) is 11.6 Å². The quantitative estimate of drug-likeness (QED) is 0.833. The number of nitrogens with one attached hydrogen (secondary N) is 1. The van der Waals surface area contributed by atoms with Gasteiger partial charge in [-0.05, 0) is 31.0 Å². The third-order valence-corrected chi connectivity index (χ3v) is 2.62. The minimum Gasteiger partial charge on any atom is -0.326 e. The van der Waals surface area contributed by atoms with E-state index in [1.807, 2.05) is 6.07 Å². The number of carbonyl (C=O) groups is 1. The van der Waals surface area contributed by atoms with Gasteiger partial charge >= 0.3 is 0 Å². The molecule has 1 aromatic carbocycles. The summed E-state index contributed by atoms with van der Waals surface area (Å²) >= 11 is 5.83. The fourth-order valence-electron chi connectivity index (χ4n) is 1.27. The average molecular weight is 221 g/mol. The fraction of sp³-hybridized carbons (Fsp3) is 0.273. The Kier molecular flexibility index (Phi) is 2.61. The van der Waals surface area contributed by atoms with E-state index in [9.17, 15) is 4.79 Å². The molecule has 1 N–H and O–H groups in total. The number of benzene rings is 1. The average Bonchev–Trinajstić information content (AvgIpc) is 3.01. The normalized spacial score (nSPS) is 14.4. The van der Waals surface area contributed by atoms with E-state index < -0.39 is 0 Å². The number of anilines is 1. The van der Waals surface area contributed by atoms with Crippen molar-refractivity contribution >= 4 is 23.2 Å². The van der Waals surface area contributed by atoms with Crippen molar-refractivity contribution in [2.75, 3.05) is 5.32 Å². The number of halogens is 1. The number of nitriles is 1. The first-order valence-corrected chi connectivity index (χ1v) is 5.09. The van der Waals surface area contributed by atoms with Crippen LogP contribution in [0, 0.1) is 17.2 Å². The number of hydrogen-bond donors (Lipinski definition) is 1. The van der Waals surface area contributed by atoms with Crippen LogP contribution in [0.25, 0.3) is 0 Å². The second kappa shape index (κ2) is 3.92. The van der Waals surface area contributed by atoms with E-state index in [2.05, 4.69) is 5.32 Å². The number of rotatable bonds is 2. The van der Waals surface area contributed by atoms with Crippen LogP contribution in [0.5, 0.6) is 0 Å². The first-order chi connectivity index (χ1) is 7.20. The molecule has 4 heteroatoms. The Morgan fingerprint density at radius 3 is 2.80 bits per heavy atom. The first-order valence-electron chi connectivity index (χ1n) is 4.71. The van der Waals surface area contributed by atoms with E-state index in [4.69, 9.17) is 16.9 Å². The molecule has 1 aromatic rings.